The van der Waals surface area contributed by atoms with Crippen LogP contribution in [0.2, 0.25) is 0 Å². The zero-order valence-electron chi connectivity index (χ0n) is 6.13. The molecule has 1 heterocycles. The van der Waals surface area contributed by atoms with E-state index in [2.05, 4.69) is 5.32 Å². The number of carbonyl (C=O) groups is 1. The fourth-order valence-corrected chi connectivity index (χ4v) is 0.997. The average molecular weight is 130 g/mol. The quantitative estimate of drug-likeness (QED) is 0.528. The van der Waals surface area contributed by atoms with Crippen molar-refractivity contribution in [3.63, 3.8) is 0 Å². The van der Waals surface area contributed by atoms with Gasteiger partial charge in [-0.1, -0.05) is 6.90 Å². The summed E-state index contributed by atoms with van der Waals surface area (Å²) >= 11 is 0. The van der Waals surface area contributed by atoms with E-state index in [1.165, 1.54) is 0 Å². The van der Waals surface area contributed by atoms with Crippen LogP contribution in [0.25, 0.3) is 0 Å². The summed E-state index contributed by atoms with van der Waals surface area (Å²) in [6.45, 7) is 1.01. The van der Waals surface area contributed by atoms with Gasteiger partial charge < -0.3 is 10.4 Å². The summed E-state index contributed by atoms with van der Waals surface area (Å²) in [6.07, 6.45) is 0.610. The normalized spacial score (nSPS) is 36.2. The number of hydrogen-bond donors (Lipinski definition) is 2. The predicted octanol–water partition coefficient (Wildman–Crippen LogP) is 0.0690. The first kappa shape index (κ1) is 5.23. The van der Waals surface area contributed by atoms with Crippen molar-refractivity contribution < 1.29 is 11.3 Å². The van der Waals surface area contributed by atoms with Gasteiger partial charge in [0.15, 0.2) is 0 Å². The maximum Gasteiger partial charge on any atom is 0.320 e. The van der Waals surface area contributed by atoms with E-state index in [4.69, 9.17) is 6.48 Å². The monoisotopic (exact) mass is 130 g/mol. The van der Waals surface area contributed by atoms with E-state index in [9.17, 15) is 4.79 Å². The Morgan fingerprint density at radius 1 is 2.00 bits per heavy atom. The Kier molecular flexibility index (Phi) is 1.37. The maximum atomic E-state index is 10.3. The molecule has 0 aromatic carbocycles. The Morgan fingerprint density at radius 2 is 2.78 bits per heavy atom. The summed E-state index contributed by atoms with van der Waals surface area (Å²) in [5.74, 6) is -0.558. The standard InChI is InChI=1S/C6H11NO2/c1-4-2-5(6(8)9)7-3-4/h4-5,7H,2-3H2,1H3,(H,8,9)/t4?,5-/m0/s1/i1D. The van der Waals surface area contributed by atoms with Crippen LogP contribution in [0.1, 0.15) is 14.7 Å². The summed E-state index contributed by atoms with van der Waals surface area (Å²) in [5, 5.41) is 11.3. The third-order valence-electron chi connectivity index (χ3n) is 1.52. The molecule has 2 N–H and O–H groups in total. The number of hydrogen-bond acceptors (Lipinski definition) is 2. The SMILES string of the molecule is [2H]CC1CN[C@H](C(=O)O)C1. The number of carboxylic acid groups (broad SMARTS) is 1. The average Bonchev–Trinajstić information content (AvgIpc) is 2.34. The minimum Gasteiger partial charge on any atom is -0.480 e. The zero-order valence-corrected chi connectivity index (χ0v) is 5.13. The van der Waals surface area contributed by atoms with E-state index in [0.717, 1.165) is 0 Å². The van der Waals surface area contributed by atoms with Crippen LogP contribution in [-0.4, -0.2) is 23.7 Å². The summed E-state index contributed by atoms with van der Waals surface area (Å²) in [4.78, 5) is 10.3. The van der Waals surface area contributed by atoms with Crippen LogP contribution in [0.4, 0.5) is 0 Å². The lowest BCUT2D eigenvalue weighted by molar-refractivity contribution is -0.139. The van der Waals surface area contributed by atoms with Gasteiger partial charge in [0.1, 0.15) is 6.04 Å². The van der Waals surface area contributed by atoms with Crippen LogP contribution in [0.5, 0.6) is 0 Å². The van der Waals surface area contributed by atoms with Gasteiger partial charge in [-0.2, -0.15) is 0 Å². The third-order valence-corrected chi connectivity index (χ3v) is 1.52. The lowest BCUT2D eigenvalue weighted by Crippen LogP contribution is -2.29. The van der Waals surface area contributed by atoms with Crippen molar-refractivity contribution in [3.8, 4) is 0 Å². The molecule has 0 aromatic heterocycles. The molecule has 0 aliphatic carbocycles. The van der Waals surface area contributed by atoms with Crippen molar-refractivity contribution in [1.29, 1.82) is 0 Å². The van der Waals surface area contributed by atoms with E-state index < -0.39 is 12.0 Å². The molecule has 1 aliphatic rings. The fourth-order valence-electron chi connectivity index (χ4n) is 0.997. The van der Waals surface area contributed by atoms with Crippen molar-refractivity contribution in [3.05, 3.63) is 0 Å². The van der Waals surface area contributed by atoms with E-state index >= 15 is 0 Å². The van der Waals surface area contributed by atoms with Crippen LogP contribution in [0.15, 0.2) is 0 Å². The maximum absolute atomic E-state index is 10.3. The summed E-state index contributed by atoms with van der Waals surface area (Å²) < 4.78 is 7.00. The van der Waals surface area contributed by atoms with E-state index in [1.54, 1.807) is 0 Å². The van der Waals surface area contributed by atoms with Gasteiger partial charge in [0.25, 0.3) is 0 Å². The van der Waals surface area contributed by atoms with Crippen LogP contribution in [0, 0.1) is 5.92 Å². The molecule has 0 spiro atoms. The van der Waals surface area contributed by atoms with Crippen LogP contribution in [-0.2, 0) is 4.79 Å². The highest BCUT2D eigenvalue weighted by Crippen LogP contribution is 2.11. The van der Waals surface area contributed by atoms with Gasteiger partial charge >= 0.3 is 5.97 Å². The molecule has 1 fully saturated rings. The Balaban J connectivity index is 2.35. The first-order valence-electron chi connectivity index (χ1n) is 3.70. The second-order valence-electron chi connectivity index (χ2n) is 2.40. The van der Waals surface area contributed by atoms with E-state index in [0.29, 0.717) is 19.9 Å². The second kappa shape index (κ2) is 2.35. The van der Waals surface area contributed by atoms with Gasteiger partial charge in [-0.15, -0.1) is 0 Å². The molecule has 0 saturated carbocycles. The summed E-state index contributed by atoms with van der Waals surface area (Å²) in [5.41, 5.74) is 0. The predicted molar refractivity (Wildman–Crippen MR) is 33.2 cm³/mol. The van der Waals surface area contributed by atoms with Gasteiger partial charge in [-0.3, -0.25) is 4.79 Å². The molecule has 0 amide bonds. The molecular formula is C6H11NO2. The molecule has 3 nitrogen and oxygen atoms in total. The molecule has 1 saturated heterocycles. The molecule has 9 heavy (non-hydrogen) atoms. The molecule has 0 radical (unpaired) electrons. The molecule has 52 valence electrons. The van der Waals surface area contributed by atoms with Gasteiger partial charge in [0, 0.05) is 1.37 Å². The second-order valence-corrected chi connectivity index (χ2v) is 2.40. The Bertz CT molecular complexity index is 140. The van der Waals surface area contributed by atoms with E-state index in [-0.39, 0.29) is 5.92 Å². The first-order valence-corrected chi connectivity index (χ1v) is 2.99. The lowest BCUT2D eigenvalue weighted by Gasteiger charge is -2.00. The Morgan fingerprint density at radius 3 is 3.11 bits per heavy atom. The lowest BCUT2D eigenvalue weighted by atomic mass is 10.1. The van der Waals surface area contributed by atoms with Gasteiger partial charge in [0.05, 0.1) is 0 Å². The molecule has 3 heteroatoms. The highest BCUT2D eigenvalue weighted by Gasteiger charge is 2.25. The van der Waals surface area contributed by atoms with Crippen molar-refractivity contribution >= 4 is 5.97 Å². The largest absolute Gasteiger partial charge is 0.480 e. The molecule has 0 bridgehead atoms. The van der Waals surface area contributed by atoms with Crippen molar-refractivity contribution in [2.75, 3.05) is 6.54 Å². The van der Waals surface area contributed by atoms with Crippen molar-refractivity contribution in [2.45, 2.75) is 19.4 Å². The Labute approximate surface area is 55.5 Å². The number of carboxylic acids is 1. The molecule has 0 aromatic rings. The first-order chi connectivity index (χ1) is 4.74. The number of nitrogens with one attached hydrogen (secondary N) is 1. The van der Waals surface area contributed by atoms with Crippen LogP contribution in [0.3, 0.4) is 0 Å². The van der Waals surface area contributed by atoms with Crippen LogP contribution >= 0.6 is 0 Å². The third kappa shape index (κ3) is 1.42. The van der Waals surface area contributed by atoms with Gasteiger partial charge in [0.2, 0.25) is 0 Å². The highest BCUT2D eigenvalue weighted by molar-refractivity contribution is 5.73. The number of aliphatic carboxylic acids is 1. The fraction of sp³-hybridized carbons (Fsp3) is 0.833. The minimum atomic E-state index is -0.795. The van der Waals surface area contributed by atoms with Gasteiger partial charge in [-0.05, 0) is 18.9 Å². The number of rotatable bonds is 1. The van der Waals surface area contributed by atoms with Crippen molar-refractivity contribution in [2.24, 2.45) is 5.92 Å². The minimum absolute atomic E-state index is 0.237. The molecular weight excluding hydrogens is 118 g/mol. The van der Waals surface area contributed by atoms with E-state index in [1.807, 2.05) is 0 Å². The molecule has 2 atom stereocenters. The van der Waals surface area contributed by atoms with Crippen LogP contribution < -0.4 is 5.32 Å². The Hall–Kier alpha value is -0.570. The summed E-state index contributed by atoms with van der Waals surface area (Å²) in [6, 6.07) is -0.407. The summed E-state index contributed by atoms with van der Waals surface area (Å²) in [7, 11) is 0. The zero-order chi connectivity index (χ0) is 7.56. The topological polar surface area (TPSA) is 49.3 Å². The molecule has 1 unspecified atom stereocenters. The smallest absolute Gasteiger partial charge is 0.320 e. The van der Waals surface area contributed by atoms with Gasteiger partial charge in [-0.25, -0.2) is 0 Å². The molecule has 1 rings (SSSR count). The highest BCUT2D eigenvalue weighted by atomic mass is 16.4. The van der Waals surface area contributed by atoms with Crippen molar-refractivity contribution in [1.82, 2.24) is 5.32 Å². The molecule has 1 aliphatic heterocycles.